The van der Waals surface area contributed by atoms with Crippen LogP contribution in [0.5, 0.6) is 0 Å². The van der Waals surface area contributed by atoms with Crippen molar-refractivity contribution in [1.82, 2.24) is 14.8 Å². The number of nitrogens with zero attached hydrogens (tertiary/aromatic N) is 3. The SMILES string of the molecule is CCOC(=O)c1nc(-n2nc(-c3ccccc3)c(Cc3ccc(S(N)(=O)=O)cc3)c2N)sc1C. The van der Waals surface area contributed by atoms with Gasteiger partial charge >= 0.3 is 5.97 Å². The zero-order chi connectivity index (χ0) is 24.5. The first-order valence-corrected chi connectivity index (χ1v) is 12.7. The number of hydrogen-bond acceptors (Lipinski definition) is 8. The Hall–Kier alpha value is -3.54. The Balaban J connectivity index is 1.79. The Morgan fingerprint density at radius 3 is 2.41 bits per heavy atom. The van der Waals surface area contributed by atoms with Crippen molar-refractivity contribution in [1.29, 1.82) is 0 Å². The highest BCUT2D eigenvalue weighted by molar-refractivity contribution is 7.89. The van der Waals surface area contributed by atoms with Crippen molar-refractivity contribution in [3.63, 3.8) is 0 Å². The van der Waals surface area contributed by atoms with E-state index in [1.165, 1.54) is 28.2 Å². The fourth-order valence-corrected chi connectivity index (χ4v) is 4.85. The van der Waals surface area contributed by atoms with Gasteiger partial charge < -0.3 is 10.5 Å². The van der Waals surface area contributed by atoms with Crippen molar-refractivity contribution in [2.24, 2.45) is 5.14 Å². The van der Waals surface area contributed by atoms with Gasteiger partial charge in [0.1, 0.15) is 5.82 Å². The van der Waals surface area contributed by atoms with Gasteiger partial charge in [0.05, 0.1) is 17.2 Å². The van der Waals surface area contributed by atoms with Gasteiger partial charge in [-0.25, -0.2) is 23.3 Å². The molecule has 0 amide bonds. The van der Waals surface area contributed by atoms with Crippen molar-refractivity contribution in [3.05, 3.63) is 76.3 Å². The summed E-state index contributed by atoms with van der Waals surface area (Å²) in [6.45, 7) is 3.78. The fourth-order valence-electron chi connectivity index (χ4n) is 3.47. The molecule has 0 aliphatic carbocycles. The van der Waals surface area contributed by atoms with E-state index in [1.54, 1.807) is 26.0 Å². The number of ether oxygens (including phenoxy) is 1. The predicted octanol–water partition coefficient (Wildman–Crippen LogP) is 3.30. The molecule has 0 atom stereocenters. The number of carbonyl (C=O) groups excluding carboxylic acids is 1. The second-order valence-electron chi connectivity index (χ2n) is 7.48. The zero-order valence-electron chi connectivity index (χ0n) is 18.6. The molecule has 2 heterocycles. The van der Waals surface area contributed by atoms with E-state index in [0.717, 1.165) is 16.7 Å². The second kappa shape index (κ2) is 9.37. The molecule has 176 valence electrons. The van der Waals surface area contributed by atoms with Gasteiger partial charge in [-0.1, -0.05) is 53.8 Å². The quantitative estimate of drug-likeness (QED) is 0.373. The summed E-state index contributed by atoms with van der Waals surface area (Å²) >= 11 is 1.29. The molecule has 0 saturated heterocycles. The largest absolute Gasteiger partial charge is 0.461 e. The number of thiazole rings is 1. The third-order valence-electron chi connectivity index (χ3n) is 5.14. The molecule has 0 aliphatic rings. The lowest BCUT2D eigenvalue weighted by molar-refractivity contribution is 0.0519. The number of carbonyl (C=O) groups is 1. The number of hydrogen-bond donors (Lipinski definition) is 2. The van der Waals surface area contributed by atoms with Crippen molar-refractivity contribution < 1.29 is 17.9 Å². The van der Waals surface area contributed by atoms with Crippen LogP contribution in [-0.4, -0.2) is 35.8 Å². The number of esters is 1. The van der Waals surface area contributed by atoms with Gasteiger partial charge in [0.25, 0.3) is 0 Å². The summed E-state index contributed by atoms with van der Waals surface area (Å²) in [5, 5.41) is 10.4. The summed E-state index contributed by atoms with van der Waals surface area (Å²) in [4.78, 5) is 17.4. The number of aromatic nitrogens is 3. The second-order valence-corrected chi connectivity index (χ2v) is 10.2. The standard InChI is InChI=1S/C23H23N5O4S2/c1-3-32-22(29)19-14(2)33-23(26-19)28-21(24)18(20(27-28)16-7-5-4-6-8-16)13-15-9-11-17(12-10-15)34(25,30)31/h4-12H,3,13,24H2,1-2H3,(H2,25,30,31). The molecule has 4 aromatic rings. The first-order valence-electron chi connectivity index (χ1n) is 10.4. The number of aryl methyl sites for hydroxylation is 1. The number of benzene rings is 2. The van der Waals surface area contributed by atoms with Crippen LogP contribution in [0, 0.1) is 6.92 Å². The predicted molar refractivity (Wildman–Crippen MR) is 130 cm³/mol. The molecule has 4 rings (SSSR count). The molecular formula is C23H23N5O4S2. The number of nitrogens with two attached hydrogens (primary N) is 2. The number of sulfonamides is 1. The van der Waals surface area contributed by atoms with Crippen LogP contribution in [0.1, 0.15) is 33.4 Å². The van der Waals surface area contributed by atoms with Crippen LogP contribution in [0.3, 0.4) is 0 Å². The minimum Gasteiger partial charge on any atom is -0.461 e. The molecule has 0 saturated carbocycles. The van der Waals surface area contributed by atoms with E-state index < -0.39 is 16.0 Å². The van der Waals surface area contributed by atoms with Crippen molar-refractivity contribution in [3.8, 4) is 16.4 Å². The Bertz CT molecular complexity index is 1440. The highest BCUT2D eigenvalue weighted by Gasteiger charge is 2.23. The average molecular weight is 498 g/mol. The molecule has 0 aliphatic heterocycles. The van der Waals surface area contributed by atoms with Gasteiger partial charge in [0, 0.05) is 22.4 Å². The smallest absolute Gasteiger partial charge is 0.358 e. The highest BCUT2D eigenvalue weighted by atomic mass is 32.2. The minimum atomic E-state index is -3.78. The third-order valence-corrected chi connectivity index (χ3v) is 7.01. The molecule has 9 nitrogen and oxygen atoms in total. The van der Waals surface area contributed by atoms with Crippen LogP contribution < -0.4 is 10.9 Å². The molecule has 2 aromatic heterocycles. The number of nitrogen functional groups attached to an aromatic ring is 1. The summed E-state index contributed by atoms with van der Waals surface area (Å²) in [6.07, 6.45) is 0.399. The molecule has 34 heavy (non-hydrogen) atoms. The van der Waals surface area contributed by atoms with E-state index in [1.807, 2.05) is 30.3 Å². The zero-order valence-corrected chi connectivity index (χ0v) is 20.2. The Morgan fingerprint density at radius 2 is 1.79 bits per heavy atom. The first-order chi connectivity index (χ1) is 16.2. The topological polar surface area (TPSA) is 143 Å². The number of primary sulfonamides is 1. The summed E-state index contributed by atoms with van der Waals surface area (Å²) in [5.74, 6) is -0.120. The Labute approximate surface area is 201 Å². The molecule has 0 radical (unpaired) electrons. The number of rotatable bonds is 7. The minimum absolute atomic E-state index is 0.0351. The Kier molecular flexibility index (Phi) is 6.51. The first kappa shape index (κ1) is 23.6. The fraction of sp³-hybridized carbons (Fsp3) is 0.174. The van der Waals surface area contributed by atoms with E-state index >= 15 is 0 Å². The normalized spacial score (nSPS) is 11.5. The lowest BCUT2D eigenvalue weighted by Gasteiger charge is -2.06. The molecule has 0 spiro atoms. The van der Waals surface area contributed by atoms with Crippen LogP contribution >= 0.6 is 11.3 Å². The maximum Gasteiger partial charge on any atom is 0.358 e. The third kappa shape index (κ3) is 4.72. The van der Waals surface area contributed by atoms with Gasteiger partial charge in [-0.15, -0.1) is 0 Å². The van der Waals surface area contributed by atoms with Gasteiger partial charge in [-0.3, -0.25) is 0 Å². The monoisotopic (exact) mass is 497 g/mol. The van der Waals surface area contributed by atoms with E-state index in [9.17, 15) is 13.2 Å². The Morgan fingerprint density at radius 1 is 1.12 bits per heavy atom. The van der Waals surface area contributed by atoms with Gasteiger partial charge in [0.2, 0.25) is 15.2 Å². The molecule has 0 bridgehead atoms. The summed E-state index contributed by atoms with van der Waals surface area (Å²) in [5.41, 5.74) is 9.90. The molecule has 0 unspecified atom stereocenters. The van der Waals surface area contributed by atoms with Gasteiger partial charge in [-0.2, -0.15) is 9.78 Å². The summed E-state index contributed by atoms with van der Waals surface area (Å²) in [7, 11) is -3.78. The van der Waals surface area contributed by atoms with Crippen LogP contribution in [0.15, 0.2) is 59.5 Å². The van der Waals surface area contributed by atoms with Crippen LogP contribution in [0.25, 0.3) is 16.4 Å². The van der Waals surface area contributed by atoms with Gasteiger partial charge in [-0.05, 0) is 31.5 Å². The summed E-state index contributed by atoms with van der Waals surface area (Å²) < 4.78 is 29.8. The maximum absolute atomic E-state index is 12.2. The van der Waals surface area contributed by atoms with Crippen molar-refractivity contribution in [2.75, 3.05) is 12.3 Å². The average Bonchev–Trinajstić information content (AvgIpc) is 3.34. The van der Waals surface area contributed by atoms with Crippen molar-refractivity contribution >= 4 is 33.1 Å². The maximum atomic E-state index is 12.2. The van der Waals surface area contributed by atoms with E-state index in [4.69, 9.17) is 20.7 Å². The van der Waals surface area contributed by atoms with Crippen LogP contribution in [0.2, 0.25) is 0 Å². The number of anilines is 1. The van der Waals surface area contributed by atoms with Gasteiger partial charge in [0.15, 0.2) is 5.69 Å². The van der Waals surface area contributed by atoms with E-state index in [-0.39, 0.29) is 17.2 Å². The van der Waals surface area contributed by atoms with Crippen LogP contribution in [-0.2, 0) is 21.2 Å². The van der Waals surface area contributed by atoms with Crippen LogP contribution in [0.4, 0.5) is 5.82 Å². The molecule has 4 N–H and O–H groups in total. The summed E-state index contributed by atoms with van der Waals surface area (Å²) in [6, 6.07) is 15.9. The molecular weight excluding hydrogens is 474 g/mol. The highest BCUT2D eigenvalue weighted by Crippen LogP contribution is 2.33. The molecule has 0 fully saturated rings. The molecule has 2 aromatic carbocycles. The lowest BCUT2D eigenvalue weighted by Crippen LogP contribution is -2.11. The lowest BCUT2D eigenvalue weighted by atomic mass is 10.0. The van der Waals surface area contributed by atoms with E-state index in [2.05, 4.69) is 4.98 Å². The van der Waals surface area contributed by atoms with Crippen molar-refractivity contribution in [2.45, 2.75) is 25.2 Å². The van der Waals surface area contributed by atoms with E-state index in [0.29, 0.717) is 27.9 Å². The molecule has 11 heteroatoms.